The summed E-state index contributed by atoms with van der Waals surface area (Å²) in [5.74, 6) is 0.514. The lowest BCUT2D eigenvalue weighted by molar-refractivity contribution is -0.140. The van der Waals surface area contributed by atoms with E-state index >= 15 is 0 Å². The van der Waals surface area contributed by atoms with Crippen LogP contribution < -0.4 is 5.32 Å². The second-order valence-corrected chi connectivity index (χ2v) is 3.16. The third kappa shape index (κ3) is 5.43. The fraction of sp³-hybridized carbons (Fsp3) is 1.00. The molecule has 0 rings (SSSR count). The summed E-state index contributed by atoms with van der Waals surface area (Å²) in [4.78, 5) is 0. The van der Waals surface area contributed by atoms with Crippen LogP contribution in [0.15, 0.2) is 0 Å². The molecule has 1 unspecified atom stereocenters. The zero-order chi connectivity index (χ0) is 9.56. The van der Waals surface area contributed by atoms with Crippen LogP contribution in [0.1, 0.15) is 13.8 Å². The highest BCUT2D eigenvalue weighted by Gasteiger charge is 2.14. The van der Waals surface area contributed by atoms with Crippen molar-refractivity contribution in [2.75, 3.05) is 20.2 Å². The number of rotatable bonds is 6. The molecule has 0 saturated carbocycles. The predicted molar refractivity (Wildman–Crippen MR) is 44.2 cm³/mol. The quantitative estimate of drug-likeness (QED) is 0.673. The Hall–Kier alpha value is -0.220. The molecule has 2 nitrogen and oxygen atoms in total. The summed E-state index contributed by atoms with van der Waals surface area (Å²) >= 11 is 0. The van der Waals surface area contributed by atoms with Crippen molar-refractivity contribution in [2.45, 2.75) is 20.5 Å². The average Bonchev–Trinajstić information content (AvgIpc) is 1.96. The molecular weight excluding hydrogens is 164 g/mol. The van der Waals surface area contributed by atoms with Gasteiger partial charge >= 0.3 is 6.61 Å². The van der Waals surface area contributed by atoms with E-state index < -0.39 is 6.61 Å². The van der Waals surface area contributed by atoms with E-state index in [1.54, 1.807) is 7.05 Å². The minimum absolute atomic E-state index is 0.121. The zero-order valence-electron chi connectivity index (χ0n) is 7.81. The van der Waals surface area contributed by atoms with Gasteiger partial charge in [0.15, 0.2) is 0 Å². The first kappa shape index (κ1) is 11.8. The van der Waals surface area contributed by atoms with E-state index in [0.717, 1.165) is 0 Å². The second-order valence-electron chi connectivity index (χ2n) is 3.16. The number of alkyl halides is 2. The van der Waals surface area contributed by atoms with E-state index in [-0.39, 0.29) is 12.5 Å². The smallest absolute Gasteiger partial charge is 0.323 e. The standard InChI is InChI=1S/C8H17F2NO/c1-6(2)7(4-11-3)5-12-8(9)10/h6-8,11H,4-5H2,1-3H3. The summed E-state index contributed by atoms with van der Waals surface area (Å²) in [7, 11) is 1.80. The van der Waals surface area contributed by atoms with Gasteiger partial charge in [0.05, 0.1) is 6.61 Å². The third-order valence-electron chi connectivity index (χ3n) is 1.85. The van der Waals surface area contributed by atoms with E-state index in [4.69, 9.17) is 0 Å². The Balaban J connectivity index is 3.63. The van der Waals surface area contributed by atoms with Crippen LogP contribution in [-0.4, -0.2) is 26.8 Å². The first-order valence-electron chi connectivity index (χ1n) is 4.12. The number of hydrogen-bond donors (Lipinski definition) is 1. The fourth-order valence-electron chi connectivity index (χ4n) is 0.946. The van der Waals surface area contributed by atoms with Crippen molar-refractivity contribution in [3.63, 3.8) is 0 Å². The molecule has 1 atom stereocenters. The Morgan fingerprint density at radius 3 is 2.25 bits per heavy atom. The van der Waals surface area contributed by atoms with Crippen molar-refractivity contribution in [2.24, 2.45) is 11.8 Å². The summed E-state index contributed by atoms with van der Waals surface area (Å²) in [5.41, 5.74) is 0. The number of ether oxygens (including phenoxy) is 1. The molecule has 12 heavy (non-hydrogen) atoms. The molecule has 0 bridgehead atoms. The van der Waals surface area contributed by atoms with Crippen molar-refractivity contribution < 1.29 is 13.5 Å². The molecule has 0 aliphatic rings. The van der Waals surface area contributed by atoms with Gasteiger partial charge in [0.1, 0.15) is 0 Å². The number of halogens is 2. The zero-order valence-corrected chi connectivity index (χ0v) is 7.81. The highest BCUT2D eigenvalue weighted by Crippen LogP contribution is 2.11. The highest BCUT2D eigenvalue weighted by molar-refractivity contribution is 4.63. The Morgan fingerprint density at radius 1 is 1.33 bits per heavy atom. The summed E-state index contributed by atoms with van der Waals surface area (Å²) in [6.45, 7) is 2.18. The van der Waals surface area contributed by atoms with Gasteiger partial charge in [-0.3, -0.25) is 0 Å². The van der Waals surface area contributed by atoms with Gasteiger partial charge in [0.25, 0.3) is 0 Å². The molecule has 1 N–H and O–H groups in total. The summed E-state index contributed by atoms with van der Waals surface area (Å²) in [5, 5.41) is 2.95. The highest BCUT2D eigenvalue weighted by atomic mass is 19.3. The van der Waals surface area contributed by atoms with E-state index in [1.165, 1.54) is 0 Å². The van der Waals surface area contributed by atoms with Crippen LogP contribution in [0.2, 0.25) is 0 Å². The van der Waals surface area contributed by atoms with Crippen molar-refractivity contribution in [3.8, 4) is 0 Å². The third-order valence-corrected chi connectivity index (χ3v) is 1.85. The summed E-state index contributed by atoms with van der Waals surface area (Å²) < 4.78 is 27.6. The van der Waals surface area contributed by atoms with Gasteiger partial charge in [-0.1, -0.05) is 13.8 Å². The summed E-state index contributed by atoms with van der Waals surface area (Å²) in [6.07, 6.45) is 0. The lowest BCUT2D eigenvalue weighted by atomic mass is 9.97. The van der Waals surface area contributed by atoms with Crippen LogP contribution in [-0.2, 0) is 4.74 Å². The minimum atomic E-state index is -2.65. The van der Waals surface area contributed by atoms with Gasteiger partial charge in [-0.2, -0.15) is 8.78 Å². The number of hydrogen-bond acceptors (Lipinski definition) is 2. The van der Waals surface area contributed by atoms with Crippen molar-refractivity contribution in [3.05, 3.63) is 0 Å². The molecule has 0 amide bonds. The van der Waals surface area contributed by atoms with Crippen molar-refractivity contribution >= 4 is 0 Å². The van der Waals surface area contributed by atoms with Crippen LogP contribution in [0.4, 0.5) is 8.78 Å². The molecule has 74 valence electrons. The first-order chi connectivity index (χ1) is 5.57. The van der Waals surface area contributed by atoms with E-state index in [2.05, 4.69) is 10.1 Å². The van der Waals surface area contributed by atoms with Gasteiger partial charge in [0, 0.05) is 6.54 Å². The maximum absolute atomic E-state index is 11.7. The lowest BCUT2D eigenvalue weighted by Gasteiger charge is -2.19. The van der Waals surface area contributed by atoms with Gasteiger partial charge in [-0.25, -0.2) is 0 Å². The van der Waals surface area contributed by atoms with Crippen LogP contribution in [0.25, 0.3) is 0 Å². The SMILES string of the molecule is CNCC(COC(F)F)C(C)C. The molecule has 0 aromatic rings. The average molecular weight is 181 g/mol. The minimum Gasteiger partial charge on any atom is -0.323 e. The lowest BCUT2D eigenvalue weighted by Crippen LogP contribution is -2.28. The molecule has 0 aromatic carbocycles. The predicted octanol–water partition coefficient (Wildman–Crippen LogP) is 1.72. The van der Waals surface area contributed by atoms with Crippen molar-refractivity contribution in [1.82, 2.24) is 5.32 Å². The van der Waals surface area contributed by atoms with Crippen LogP contribution in [0, 0.1) is 11.8 Å². The number of nitrogens with one attached hydrogen (secondary N) is 1. The Morgan fingerprint density at radius 2 is 1.92 bits per heavy atom. The van der Waals surface area contributed by atoms with Crippen molar-refractivity contribution in [1.29, 1.82) is 0 Å². The Labute approximate surface area is 72.3 Å². The maximum atomic E-state index is 11.7. The molecule has 0 aromatic heterocycles. The topological polar surface area (TPSA) is 21.3 Å². The largest absolute Gasteiger partial charge is 0.345 e. The molecule has 0 aliphatic heterocycles. The molecule has 0 aliphatic carbocycles. The first-order valence-corrected chi connectivity index (χ1v) is 4.12. The van der Waals surface area contributed by atoms with Gasteiger partial charge in [-0.05, 0) is 18.9 Å². The van der Waals surface area contributed by atoms with Crippen LogP contribution in [0.3, 0.4) is 0 Å². The molecule has 0 radical (unpaired) electrons. The van der Waals surface area contributed by atoms with E-state index in [9.17, 15) is 8.78 Å². The van der Waals surface area contributed by atoms with Gasteiger partial charge < -0.3 is 10.1 Å². The monoisotopic (exact) mass is 181 g/mol. The van der Waals surface area contributed by atoms with Crippen LogP contribution >= 0.6 is 0 Å². The summed E-state index contributed by atoms with van der Waals surface area (Å²) in [6, 6.07) is 0. The molecule has 0 saturated heterocycles. The van der Waals surface area contributed by atoms with Gasteiger partial charge in [-0.15, -0.1) is 0 Å². The molecule has 0 heterocycles. The fourth-order valence-corrected chi connectivity index (χ4v) is 0.946. The maximum Gasteiger partial charge on any atom is 0.345 e. The Kier molecular flexibility index (Phi) is 6.20. The molecule has 0 spiro atoms. The van der Waals surface area contributed by atoms with Gasteiger partial charge in [0.2, 0.25) is 0 Å². The molecular formula is C8H17F2NO. The molecule has 0 fully saturated rings. The van der Waals surface area contributed by atoms with E-state index in [0.29, 0.717) is 12.5 Å². The second kappa shape index (κ2) is 6.31. The van der Waals surface area contributed by atoms with Crippen LogP contribution in [0.5, 0.6) is 0 Å². The Bertz CT molecular complexity index is 109. The van der Waals surface area contributed by atoms with E-state index in [1.807, 2.05) is 13.8 Å². The normalized spacial score (nSPS) is 14.2. The molecule has 4 heteroatoms.